The van der Waals surface area contributed by atoms with E-state index in [9.17, 15) is 19.2 Å². The Morgan fingerprint density at radius 2 is 1.58 bits per heavy atom. The number of carbonyl (C=O) groups is 4. The number of amides is 3. The molecule has 0 aromatic heterocycles. The van der Waals surface area contributed by atoms with Gasteiger partial charge in [0.15, 0.2) is 5.78 Å². The molecule has 1 aliphatic heterocycles. The molecule has 152 valence electrons. The van der Waals surface area contributed by atoms with E-state index in [2.05, 4.69) is 10.6 Å². The van der Waals surface area contributed by atoms with Crippen molar-refractivity contribution in [2.75, 3.05) is 5.32 Å². The van der Waals surface area contributed by atoms with Gasteiger partial charge in [-0.15, -0.1) is 0 Å². The first kappa shape index (κ1) is 18.9. The maximum absolute atomic E-state index is 12.7. The summed E-state index contributed by atoms with van der Waals surface area (Å²) in [6.07, 6.45) is 0.678. The van der Waals surface area contributed by atoms with Gasteiger partial charge in [-0.25, -0.2) is 0 Å². The number of anilines is 1. The molecule has 1 unspecified atom stereocenters. The van der Waals surface area contributed by atoms with Gasteiger partial charge in [0.05, 0.1) is 5.92 Å². The fraction of sp³-hybridized carbons (Fsp3) is 0.120. The molecule has 0 bridgehead atoms. The SMILES string of the molecule is O=C1CC(Cc2ccc(NC(=O)c3ccc4c(c3)C(=O)c3ccccc3-4)cc2)C(=O)N1. The van der Waals surface area contributed by atoms with E-state index in [1.807, 2.05) is 36.4 Å². The lowest BCUT2D eigenvalue weighted by Crippen LogP contribution is -2.22. The maximum Gasteiger partial charge on any atom is 0.255 e. The largest absolute Gasteiger partial charge is 0.322 e. The van der Waals surface area contributed by atoms with Crippen molar-refractivity contribution >= 4 is 29.2 Å². The third-order valence-corrected chi connectivity index (χ3v) is 5.75. The molecule has 6 nitrogen and oxygen atoms in total. The number of imide groups is 1. The molecule has 3 aromatic rings. The molecule has 2 aliphatic rings. The van der Waals surface area contributed by atoms with Crippen molar-refractivity contribution in [1.82, 2.24) is 5.32 Å². The predicted molar refractivity (Wildman–Crippen MR) is 115 cm³/mol. The first-order valence-electron chi connectivity index (χ1n) is 10.0. The van der Waals surface area contributed by atoms with Crippen LogP contribution in [0.3, 0.4) is 0 Å². The maximum atomic E-state index is 12.7. The molecule has 1 saturated heterocycles. The Bertz CT molecular complexity index is 1260. The Kier molecular flexibility index (Phi) is 4.47. The highest BCUT2D eigenvalue weighted by Gasteiger charge is 2.30. The number of hydrogen-bond donors (Lipinski definition) is 2. The summed E-state index contributed by atoms with van der Waals surface area (Å²) in [4.78, 5) is 48.4. The van der Waals surface area contributed by atoms with Crippen LogP contribution >= 0.6 is 0 Å². The van der Waals surface area contributed by atoms with Crippen LogP contribution in [0.4, 0.5) is 5.69 Å². The van der Waals surface area contributed by atoms with E-state index in [-0.39, 0.29) is 35.8 Å². The van der Waals surface area contributed by atoms with Gasteiger partial charge in [0.2, 0.25) is 11.8 Å². The number of carbonyl (C=O) groups excluding carboxylic acids is 4. The van der Waals surface area contributed by atoms with Gasteiger partial charge < -0.3 is 5.32 Å². The van der Waals surface area contributed by atoms with Crippen molar-refractivity contribution in [3.05, 3.63) is 89.0 Å². The fourth-order valence-electron chi connectivity index (χ4n) is 4.15. The van der Waals surface area contributed by atoms with E-state index in [0.717, 1.165) is 16.7 Å². The zero-order valence-corrected chi connectivity index (χ0v) is 16.5. The van der Waals surface area contributed by atoms with E-state index in [1.54, 1.807) is 30.3 Å². The average Bonchev–Trinajstić information content (AvgIpc) is 3.25. The van der Waals surface area contributed by atoms with Gasteiger partial charge in [-0.2, -0.15) is 0 Å². The summed E-state index contributed by atoms with van der Waals surface area (Å²) in [7, 11) is 0. The van der Waals surface area contributed by atoms with Crippen LogP contribution in [0.25, 0.3) is 11.1 Å². The van der Waals surface area contributed by atoms with E-state index in [1.165, 1.54) is 0 Å². The minimum absolute atomic E-state index is 0.0703. The average molecular weight is 410 g/mol. The number of benzene rings is 3. The van der Waals surface area contributed by atoms with Crippen LogP contribution in [0.1, 0.15) is 38.3 Å². The van der Waals surface area contributed by atoms with Crippen molar-refractivity contribution in [2.45, 2.75) is 12.8 Å². The molecule has 1 heterocycles. The van der Waals surface area contributed by atoms with Crippen LogP contribution < -0.4 is 10.6 Å². The van der Waals surface area contributed by atoms with E-state index < -0.39 is 0 Å². The predicted octanol–water partition coefficient (Wildman–Crippen LogP) is 3.36. The Balaban J connectivity index is 1.29. The van der Waals surface area contributed by atoms with Crippen molar-refractivity contribution in [3.8, 4) is 11.1 Å². The first-order chi connectivity index (χ1) is 15.0. The molecule has 31 heavy (non-hydrogen) atoms. The molecule has 6 heteroatoms. The van der Waals surface area contributed by atoms with Crippen LogP contribution in [0.5, 0.6) is 0 Å². The molecule has 1 atom stereocenters. The molecule has 0 saturated carbocycles. The van der Waals surface area contributed by atoms with E-state index in [0.29, 0.717) is 28.8 Å². The summed E-state index contributed by atoms with van der Waals surface area (Å²) >= 11 is 0. The third kappa shape index (κ3) is 3.42. The Labute approximate surface area is 178 Å². The van der Waals surface area contributed by atoms with Crippen LogP contribution in [0, 0.1) is 5.92 Å². The second-order valence-electron chi connectivity index (χ2n) is 7.80. The summed E-state index contributed by atoms with van der Waals surface area (Å²) in [6, 6.07) is 19.8. The number of nitrogens with one attached hydrogen (secondary N) is 2. The molecule has 0 spiro atoms. The van der Waals surface area contributed by atoms with Crippen LogP contribution in [-0.2, 0) is 16.0 Å². The normalized spacial score (nSPS) is 16.6. The Morgan fingerprint density at radius 3 is 2.29 bits per heavy atom. The summed E-state index contributed by atoms with van der Waals surface area (Å²) < 4.78 is 0. The quantitative estimate of drug-likeness (QED) is 0.505. The topological polar surface area (TPSA) is 92.3 Å². The second-order valence-corrected chi connectivity index (χ2v) is 7.80. The van der Waals surface area contributed by atoms with E-state index in [4.69, 9.17) is 0 Å². The second kappa shape index (κ2) is 7.32. The smallest absolute Gasteiger partial charge is 0.255 e. The fourth-order valence-corrected chi connectivity index (χ4v) is 4.15. The molecule has 2 N–H and O–H groups in total. The monoisotopic (exact) mass is 410 g/mol. The minimum Gasteiger partial charge on any atom is -0.322 e. The molecule has 1 aliphatic carbocycles. The Morgan fingerprint density at radius 1 is 0.871 bits per heavy atom. The summed E-state index contributed by atoms with van der Waals surface area (Å²) in [5.74, 6) is -1.20. The number of ketones is 1. The van der Waals surface area contributed by atoms with Crippen LogP contribution in [-0.4, -0.2) is 23.5 Å². The zero-order valence-electron chi connectivity index (χ0n) is 16.5. The van der Waals surface area contributed by atoms with Crippen LogP contribution in [0.15, 0.2) is 66.7 Å². The number of rotatable bonds is 4. The van der Waals surface area contributed by atoms with Crippen molar-refractivity contribution in [3.63, 3.8) is 0 Å². The third-order valence-electron chi connectivity index (χ3n) is 5.75. The summed E-state index contributed by atoms with van der Waals surface area (Å²) in [5, 5.41) is 5.15. The van der Waals surface area contributed by atoms with E-state index >= 15 is 0 Å². The van der Waals surface area contributed by atoms with Crippen LogP contribution in [0.2, 0.25) is 0 Å². The first-order valence-corrected chi connectivity index (χ1v) is 10.0. The molecular formula is C25H18N2O4. The van der Waals surface area contributed by atoms with Gasteiger partial charge in [0.1, 0.15) is 0 Å². The minimum atomic E-state index is -0.346. The van der Waals surface area contributed by atoms with Crippen molar-refractivity contribution < 1.29 is 19.2 Å². The number of hydrogen-bond acceptors (Lipinski definition) is 4. The lowest BCUT2D eigenvalue weighted by molar-refractivity contribution is -0.125. The lowest BCUT2D eigenvalue weighted by Gasteiger charge is -2.09. The molecule has 3 aromatic carbocycles. The van der Waals surface area contributed by atoms with Gasteiger partial charge in [-0.05, 0) is 47.4 Å². The summed E-state index contributed by atoms with van der Waals surface area (Å²) in [5.41, 5.74) is 4.85. The molecule has 3 amide bonds. The molecular weight excluding hydrogens is 392 g/mol. The van der Waals surface area contributed by atoms with Gasteiger partial charge in [-0.1, -0.05) is 42.5 Å². The van der Waals surface area contributed by atoms with Gasteiger partial charge >= 0.3 is 0 Å². The highest BCUT2D eigenvalue weighted by molar-refractivity contribution is 6.22. The van der Waals surface area contributed by atoms with Gasteiger partial charge in [-0.3, -0.25) is 24.5 Å². The van der Waals surface area contributed by atoms with Gasteiger partial charge in [0.25, 0.3) is 5.91 Å². The summed E-state index contributed by atoms with van der Waals surface area (Å²) in [6.45, 7) is 0. The zero-order chi connectivity index (χ0) is 21.5. The lowest BCUT2D eigenvalue weighted by atomic mass is 9.98. The molecule has 5 rings (SSSR count). The standard InChI is InChI=1S/C25H18N2O4/c28-22-13-16(25(31)27-22)11-14-5-8-17(9-6-14)26-24(30)15-7-10-19-18-3-1-2-4-20(18)23(29)21(19)12-15/h1-10,12,16H,11,13H2,(H,26,30)(H,27,28,31). The van der Waals surface area contributed by atoms with Crippen molar-refractivity contribution in [1.29, 1.82) is 0 Å². The highest BCUT2D eigenvalue weighted by atomic mass is 16.2. The highest BCUT2D eigenvalue weighted by Crippen LogP contribution is 2.36. The van der Waals surface area contributed by atoms with Gasteiger partial charge in [0, 0.05) is 28.8 Å². The van der Waals surface area contributed by atoms with Crippen molar-refractivity contribution in [2.24, 2.45) is 5.92 Å². The molecule has 1 fully saturated rings. The number of fused-ring (bicyclic) bond motifs is 3. The molecule has 0 radical (unpaired) electrons. The Hall–Kier alpha value is -4.06.